The Morgan fingerprint density at radius 2 is 1.84 bits per heavy atom. The van der Waals surface area contributed by atoms with Crippen molar-refractivity contribution >= 4 is 28.2 Å². The third-order valence-electron chi connectivity index (χ3n) is 4.62. The van der Waals surface area contributed by atoms with Crippen LogP contribution in [0.25, 0.3) is 10.4 Å². The van der Waals surface area contributed by atoms with Crippen LogP contribution < -0.4 is 10.9 Å². The summed E-state index contributed by atoms with van der Waals surface area (Å²) in [6.45, 7) is 2.16. The SMILES string of the molecule is CCOC(=O)c1cc(-c2ccccc2)sc1NC(=O)c1ccc(Cn2ccccc2=O)o1. The third kappa shape index (κ3) is 4.70. The van der Waals surface area contributed by atoms with Crippen LogP contribution in [0.5, 0.6) is 0 Å². The van der Waals surface area contributed by atoms with Gasteiger partial charge in [0.25, 0.3) is 11.5 Å². The summed E-state index contributed by atoms with van der Waals surface area (Å²) in [6.07, 6.45) is 1.65. The number of aromatic nitrogens is 1. The first kappa shape index (κ1) is 21.3. The first-order chi connectivity index (χ1) is 15.5. The van der Waals surface area contributed by atoms with E-state index < -0.39 is 11.9 Å². The molecule has 0 radical (unpaired) electrons. The predicted octanol–water partition coefficient (Wildman–Crippen LogP) is 4.65. The van der Waals surface area contributed by atoms with Gasteiger partial charge in [-0.05, 0) is 36.8 Å². The third-order valence-corrected chi connectivity index (χ3v) is 5.72. The topological polar surface area (TPSA) is 90.5 Å². The zero-order valence-corrected chi connectivity index (χ0v) is 18.1. The number of ether oxygens (including phenoxy) is 1. The number of carbonyl (C=O) groups excluding carboxylic acids is 2. The molecule has 0 aliphatic heterocycles. The van der Waals surface area contributed by atoms with Crippen LogP contribution >= 0.6 is 11.3 Å². The van der Waals surface area contributed by atoms with E-state index in [1.165, 1.54) is 28.0 Å². The Kier molecular flexibility index (Phi) is 6.32. The van der Waals surface area contributed by atoms with Gasteiger partial charge >= 0.3 is 5.97 Å². The van der Waals surface area contributed by atoms with Gasteiger partial charge in [0.05, 0.1) is 18.7 Å². The zero-order chi connectivity index (χ0) is 22.5. The van der Waals surface area contributed by atoms with Crippen molar-refractivity contribution < 1.29 is 18.7 Å². The summed E-state index contributed by atoms with van der Waals surface area (Å²) < 4.78 is 12.3. The summed E-state index contributed by atoms with van der Waals surface area (Å²) in [4.78, 5) is 38.0. The van der Waals surface area contributed by atoms with Gasteiger partial charge in [-0.1, -0.05) is 36.4 Å². The van der Waals surface area contributed by atoms with Crippen molar-refractivity contribution in [2.45, 2.75) is 13.5 Å². The van der Waals surface area contributed by atoms with Gasteiger partial charge in [0.2, 0.25) is 0 Å². The lowest BCUT2D eigenvalue weighted by Crippen LogP contribution is -2.18. The summed E-state index contributed by atoms with van der Waals surface area (Å²) >= 11 is 1.28. The van der Waals surface area contributed by atoms with Crippen LogP contribution in [0.1, 0.15) is 33.6 Å². The molecule has 0 unspecified atom stereocenters. The fourth-order valence-electron chi connectivity index (χ4n) is 3.10. The summed E-state index contributed by atoms with van der Waals surface area (Å²) in [7, 11) is 0. The number of nitrogens with one attached hydrogen (secondary N) is 1. The highest BCUT2D eigenvalue weighted by molar-refractivity contribution is 7.20. The number of amides is 1. The molecule has 7 nitrogen and oxygen atoms in total. The van der Waals surface area contributed by atoms with Crippen molar-refractivity contribution in [1.82, 2.24) is 4.57 Å². The van der Waals surface area contributed by atoms with E-state index in [1.807, 2.05) is 30.3 Å². The van der Waals surface area contributed by atoms with Crippen molar-refractivity contribution in [3.05, 3.63) is 100 Å². The Labute approximate surface area is 187 Å². The molecule has 4 rings (SSSR count). The van der Waals surface area contributed by atoms with Gasteiger partial charge in [-0.15, -0.1) is 11.3 Å². The summed E-state index contributed by atoms with van der Waals surface area (Å²) in [6, 6.07) is 19.3. The molecule has 0 saturated heterocycles. The molecular formula is C24H20N2O5S. The smallest absolute Gasteiger partial charge is 0.341 e. The average Bonchev–Trinajstić information content (AvgIpc) is 3.44. The maximum absolute atomic E-state index is 12.8. The van der Waals surface area contributed by atoms with Crippen LogP contribution in [-0.2, 0) is 11.3 Å². The van der Waals surface area contributed by atoms with Gasteiger partial charge in [0.15, 0.2) is 5.76 Å². The number of rotatable bonds is 7. The fourth-order valence-corrected chi connectivity index (χ4v) is 4.14. The molecule has 3 heterocycles. The quantitative estimate of drug-likeness (QED) is 0.416. The maximum atomic E-state index is 12.8. The molecule has 0 fully saturated rings. The molecule has 0 spiro atoms. The van der Waals surface area contributed by atoms with Gasteiger partial charge < -0.3 is 19.0 Å². The molecule has 32 heavy (non-hydrogen) atoms. The number of hydrogen-bond acceptors (Lipinski definition) is 6. The van der Waals surface area contributed by atoms with Crippen molar-refractivity contribution in [2.75, 3.05) is 11.9 Å². The number of anilines is 1. The molecule has 3 aromatic heterocycles. The lowest BCUT2D eigenvalue weighted by Gasteiger charge is -2.05. The lowest BCUT2D eigenvalue weighted by molar-refractivity contribution is 0.0528. The number of hydrogen-bond donors (Lipinski definition) is 1. The molecule has 0 aliphatic rings. The number of pyridine rings is 1. The Bertz CT molecular complexity index is 1300. The molecule has 0 bridgehead atoms. The van der Waals surface area contributed by atoms with Gasteiger partial charge in [0, 0.05) is 17.1 Å². The van der Waals surface area contributed by atoms with Crippen LogP contribution in [0.4, 0.5) is 5.00 Å². The highest BCUT2D eigenvalue weighted by atomic mass is 32.1. The summed E-state index contributed by atoms with van der Waals surface area (Å²) in [5.41, 5.74) is 1.05. The molecule has 162 valence electrons. The van der Waals surface area contributed by atoms with E-state index in [1.54, 1.807) is 37.4 Å². The minimum absolute atomic E-state index is 0.0773. The van der Waals surface area contributed by atoms with E-state index in [4.69, 9.17) is 9.15 Å². The molecular weight excluding hydrogens is 428 g/mol. The first-order valence-corrected chi connectivity index (χ1v) is 10.8. The minimum Gasteiger partial charge on any atom is -0.462 e. The van der Waals surface area contributed by atoms with E-state index in [2.05, 4.69) is 5.32 Å². The largest absolute Gasteiger partial charge is 0.462 e. The van der Waals surface area contributed by atoms with Crippen LogP contribution in [-0.4, -0.2) is 23.1 Å². The standard InChI is InChI=1S/C24H20N2O5S/c1-2-30-24(29)18-14-20(16-8-4-3-5-9-16)32-23(18)25-22(28)19-12-11-17(31-19)15-26-13-7-6-10-21(26)27/h3-14H,2,15H2,1H3,(H,25,28). The molecule has 0 saturated carbocycles. The van der Waals surface area contributed by atoms with E-state index in [0.29, 0.717) is 10.8 Å². The lowest BCUT2D eigenvalue weighted by atomic mass is 10.1. The fraction of sp³-hybridized carbons (Fsp3) is 0.125. The van der Waals surface area contributed by atoms with Crippen LogP contribution in [0, 0.1) is 0 Å². The van der Waals surface area contributed by atoms with Crippen LogP contribution in [0.15, 0.2) is 82.1 Å². The molecule has 1 aromatic carbocycles. The predicted molar refractivity (Wildman–Crippen MR) is 122 cm³/mol. The minimum atomic E-state index is -0.509. The van der Waals surface area contributed by atoms with Gasteiger partial charge in [0.1, 0.15) is 10.8 Å². The number of furan rings is 1. The van der Waals surface area contributed by atoms with E-state index in [0.717, 1.165) is 10.4 Å². The number of benzene rings is 1. The van der Waals surface area contributed by atoms with E-state index >= 15 is 0 Å². The van der Waals surface area contributed by atoms with Crippen LogP contribution in [0.3, 0.4) is 0 Å². The van der Waals surface area contributed by atoms with Gasteiger partial charge in [-0.25, -0.2) is 4.79 Å². The second-order valence-corrected chi connectivity index (χ2v) is 7.88. The molecule has 0 atom stereocenters. The second-order valence-electron chi connectivity index (χ2n) is 6.83. The molecule has 1 amide bonds. The van der Waals surface area contributed by atoms with Crippen molar-refractivity contribution in [2.24, 2.45) is 0 Å². The van der Waals surface area contributed by atoms with Crippen molar-refractivity contribution in [3.63, 3.8) is 0 Å². The summed E-state index contributed by atoms with van der Waals surface area (Å²) in [5.74, 6) is -0.466. The van der Waals surface area contributed by atoms with Crippen LogP contribution in [0.2, 0.25) is 0 Å². The Balaban J connectivity index is 1.57. The number of thiophene rings is 1. The monoisotopic (exact) mass is 448 g/mol. The Morgan fingerprint density at radius 1 is 1.06 bits per heavy atom. The molecule has 8 heteroatoms. The highest BCUT2D eigenvalue weighted by Crippen LogP contribution is 2.36. The van der Waals surface area contributed by atoms with Gasteiger partial charge in [-0.3, -0.25) is 9.59 Å². The molecule has 4 aromatic rings. The highest BCUT2D eigenvalue weighted by Gasteiger charge is 2.21. The first-order valence-electron chi connectivity index (χ1n) is 9.97. The Morgan fingerprint density at radius 3 is 2.59 bits per heavy atom. The Hall–Kier alpha value is -3.91. The van der Waals surface area contributed by atoms with Crippen molar-refractivity contribution in [1.29, 1.82) is 0 Å². The number of nitrogens with zero attached hydrogens (tertiary/aromatic N) is 1. The molecule has 0 aliphatic carbocycles. The average molecular weight is 449 g/mol. The number of esters is 1. The maximum Gasteiger partial charge on any atom is 0.341 e. The van der Waals surface area contributed by atoms with Crippen molar-refractivity contribution in [3.8, 4) is 10.4 Å². The van der Waals surface area contributed by atoms with E-state index in [-0.39, 0.29) is 30.0 Å². The second kappa shape index (κ2) is 9.49. The summed E-state index contributed by atoms with van der Waals surface area (Å²) in [5, 5.41) is 3.14. The molecule has 1 N–H and O–H groups in total. The zero-order valence-electron chi connectivity index (χ0n) is 17.2. The number of carbonyl (C=O) groups is 2. The normalized spacial score (nSPS) is 10.7. The van der Waals surface area contributed by atoms with Gasteiger partial charge in [-0.2, -0.15) is 0 Å². The van der Waals surface area contributed by atoms with E-state index in [9.17, 15) is 14.4 Å².